The molecule has 0 saturated carbocycles. The van der Waals surface area contributed by atoms with E-state index in [-0.39, 0.29) is 18.4 Å². The van der Waals surface area contributed by atoms with Crippen LogP contribution >= 0.6 is 11.3 Å². The van der Waals surface area contributed by atoms with Crippen LogP contribution in [0.15, 0.2) is 12.5 Å². The molecular weight excluding hydrogens is 442 g/mol. The molecule has 4 heterocycles. The topological polar surface area (TPSA) is 105 Å². The maximum Gasteiger partial charge on any atom is 0.341 e. The minimum absolute atomic E-state index is 0.108. The van der Waals surface area contributed by atoms with Crippen molar-refractivity contribution < 1.29 is 14.3 Å². The van der Waals surface area contributed by atoms with E-state index in [1.165, 1.54) is 23.3 Å². The molecule has 1 amide bonds. The fourth-order valence-electron chi connectivity index (χ4n) is 4.66. The van der Waals surface area contributed by atoms with Crippen molar-refractivity contribution >= 4 is 45.1 Å². The van der Waals surface area contributed by atoms with Gasteiger partial charge in [0.05, 0.1) is 30.8 Å². The van der Waals surface area contributed by atoms with Gasteiger partial charge in [0.25, 0.3) is 0 Å². The van der Waals surface area contributed by atoms with Gasteiger partial charge < -0.3 is 15.0 Å². The molecule has 0 radical (unpaired) electrons. The number of esters is 1. The van der Waals surface area contributed by atoms with E-state index in [1.807, 2.05) is 7.05 Å². The number of carbonyl (C=O) groups excluding carboxylic acids is 2. The Labute approximate surface area is 195 Å². The quantitative estimate of drug-likeness (QED) is 0.565. The van der Waals surface area contributed by atoms with Crippen LogP contribution in [-0.4, -0.2) is 76.4 Å². The summed E-state index contributed by atoms with van der Waals surface area (Å²) in [5, 5.41) is 8.84. The second kappa shape index (κ2) is 9.06. The van der Waals surface area contributed by atoms with Gasteiger partial charge in [-0.05, 0) is 31.2 Å². The number of aryl methyl sites for hydroxylation is 2. The van der Waals surface area contributed by atoms with Gasteiger partial charge in [0, 0.05) is 38.1 Å². The number of piperazine rings is 1. The standard InChI is InChI=1S/C22H27N7O3S/c1-27-19-15(11-25-27)20(24-13-23-19)29-9-7-28(8-10-29)12-17(30)26-21-18(22(31)32-2)14-5-3-4-6-16(14)33-21/h11,13H,3-10,12H2,1-2H3,(H,26,30). The smallest absolute Gasteiger partial charge is 0.341 e. The zero-order valence-corrected chi connectivity index (χ0v) is 19.7. The molecule has 5 rings (SSSR count). The lowest BCUT2D eigenvalue weighted by atomic mass is 9.95. The maximum atomic E-state index is 12.8. The first kappa shape index (κ1) is 21.8. The van der Waals surface area contributed by atoms with Gasteiger partial charge in [0.15, 0.2) is 5.65 Å². The third-order valence-electron chi connectivity index (χ3n) is 6.36. The number of amides is 1. The maximum absolute atomic E-state index is 12.8. The number of nitrogens with one attached hydrogen (secondary N) is 1. The monoisotopic (exact) mass is 469 g/mol. The number of hydrogen-bond acceptors (Lipinski definition) is 9. The highest BCUT2D eigenvalue weighted by Gasteiger charge is 2.28. The first-order chi connectivity index (χ1) is 16.0. The van der Waals surface area contributed by atoms with Crippen LogP contribution in [0.25, 0.3) is 11.0 Å². The number of aromatic nitrogens is 4. The first-order valence-electron chi connectivity index (χ1n) is 11.2. The molecule has 10 nitrogen and oxygen atoms in total. The van der Waals surface area contributed by atoms with Crippen molar-refractivity contribution in [2.45, 2.75) is 25.7 Å². The van der Waals surface area contributed by atoms with E-state index in [1.54, 1.807) is 17.2 Å². The van der Waals surface area contributed by atoms with Crippen molar-refractivity contribution in [1.82, 2.24) is 24.6 Å². The Morgan fingerprint density at radius 2 is 1.94 bits per heavy atom. The lowest BCUT2D eigenvalue weighted by molar-refractivity contribution is -0.117. The zero-order valence-electron chi connectivity index (χ0n) is 18.8. The van der Waals surface area contributed by atoms with Gasteiger partial charge in [0.2, 0.25) is 5.91 Å². The Morgan fingerprint density at radius 3 is 2.73 bits per heavy atom. The number of thiophene rings is 1. The average Bonchev–Trinajstić information content (AvgIpc) is 3.39. The molecule has 0 aromatic carbocycles. The van der Waals surface area contributed by atoms with Crippen LogP contribution in [0, 0.1) is 0 Å². The molecule has 2 aliphatic rings. The Hall–Kier alpha value is -3.05. The number of anilines is 2. The molecule has 1 N–H and O–H groups in total. The molecule has 0 bridgehead atoms. The van der Waals surface area contributed by atoms with Crippen LogP contribution in [-0.2, 0) is 29.4 Å². The van der Waals surface area contributed by atoms with E-state index in [0.717, 1.165) is 74.3 Å². The second-order valence-corrected chi connectivity index (χ2v) is 9.53. The highest BCUT2D eigenvalue weighted by molar-refractivity contribution is 7.17. The lowest BCUT2D eigenvalue weighted by Crippen LogP contribution is -2.49. The summed E-state index contributed by atoms with van der Waals surface area (Å²) in [6.45, 7) is 3.28. The van der Waals surface area contributed by atoms with E-state index in [0.29, 0.717) is 10.6 Å². The zero-order chi connectivity index (χ0) is 22.9. The van der Waals surface area contributed by atoms with E-state index in [4.69, 9.17) is 4.74 Å². The van der Waals surface area contributed by atoms with Crippen LogP contribution in [0.3, 0.4) is 0 Å². The predicted molar refractivity (Wildman–Crippen MR) is 126 cm³/mol. The molecule has 3 aromatic rings. The molecule has 1 saturated heterocycles. The molecule has 174 valence electrons. The summed E-state index contributed by atoms with van der Waals surface area (Å²) in [6, 6.07) is 0. The molecular formula is C22H27N7O3S. The second-order valence-electron chi connectivity index (χ2n) is 8.42. The molecule has 33 heavy (non-hydrogen) atoms. The molecule has 1 fully saturated rings. The number of nitrogens with zero attached hydrogens (tertiary/aromatic N) is 6. The number of methoxy groups -OCH3 is 1. The van der Waals surface area contributed by atoms with E-state index in [2.05, 4.69) is 30.2 Å². The molecule has 1 aliphatic carbocycles. The number of ether oxygens (including phenoxy) is 1. The van der Waals surface area contributed by atoms with Crippen LogP contribution < -0.4 is 10.2 Å². The van der Waals surface area contributed by atoms with Gasteiger partial charge in [-0.25, -0.2) is 14.8 Å². The van der Waals surface area contributed by atoms with Gasteiger partial charge in [-0.3, -0.25) is 14.4 Å². The van der Waals surface area contributed by atoms with Crippen LogP contribution in [0.1, 0.15) is 33.6 Å². The first-order valence-corrected chi connectivity index (χ1v) is 12.0. The number of rotatable bonds is 5. The fourth-order valence-corrected chi connectivity index (χ4v) is 5.95. The van der Waals surface area contributed by atoms with Crippen molar-refractivity contribution in [3.05, 3.63) is 28.5 Å². The summed E-state index contributed by atoms with van der Waals surface area (Å²) in [6.07, 6.45) is 7.35. The minimum atomic E-state index is -0.370. The molecule has 0 spiro atoms. The normalized spacial score (nSPS) is 16.6. The minimum Gasteiger partial charge on any atom is -0.465 e. The fraction of sp³-hybridized carbons (Fsp3) is 0.500. The molecule has 3 aromatic heterocycles. The van der Waals surface area contributed by atoms with Crippen LogP contribution in [0.2, 0.25) is 0 Å². The van der Waals surface area contributed by atoms with Crippen molar-refractivity contribution in [3.63, 3.8) is 0 Å². The van der Waals surface area contributed by atoms with Crippen molar-refractivity contribution in [2.75, 3.05) is 50.1 Å². The Morgan fingerprint density at radius 1 is 1.15 bits per heavy atom. The molecule has 0 unspecified atom stereocenters. The highest BCUT2D eigenvalue weighted by Crippen LogP contribution is 2.38. The summed E-state index contributed by atoms with van der Waals surface area (Å²) >= 11 is 1.52. The molecule has 11 heteroatoms. The van der Waals surface area contributed by atoms with Gasteiger partial charge in [-0.15, -0.1) is 11.3 Å². The van der Waals surface area contributed by atoms with Gasteiger partial charge >= 0.3 is 5.97 Å². The number of hydrogen-bond donors (Lipinski definition) is 1. The van der Waals surface area contributed by atoms with Crippen molar-refractivity contribution in [2.24, 2.45) is 7.05 Å². The van der Waals surface area contributed by atoms with Gasteiger partial charge in [-0.1, -0.05) is 0 Å². The van der Waals surface area contributed by atoms with Crippen molar-refractivity contribution in [1.29, 1.82) is 0 Å². The summed E-state index contributed by atoms with van der Waals surface area (Å²) in [5.74, 6) is 0.401. The molecule has 0 atom stereocenters. The van der Waals surface area contributed by atoms with Crippen LogP contribution in [0.5, 0.6) is 0 Å². The summed E-state index contributed by atoms with van der Waals surface area (Å²) in [5.41, 5.74) is 2.40. The Balaban J connectivity index is 1.22. The summed E-state index contributed by atoms with van der Waals surface area (Å²) < 4.78 is 6.75. The number of fused-ring (bicyclic) bond motifs is 2. The van der Waals surface area contributed by atoms with E-state index < -0.39 is 0 Å². The van der Waals surface area contributed by atoms with E-state index >= 15 is 0 Å². The van der Waals surface area contributed by atoms with E-state index in [9.17, 15) is 9.59 Å². The summed E-state index contributed by atoms with van der Waals surface area (Å²) in [4.78, 5) is 39.6. The van der Waals surface area contributed by atoms with Crippen molar-refractivity contribution in [3.8, 4) is 0 Å². The average molecular weight is 470 g/mol. The Kier molecular flexibility index (Phi) is 5.98. The Bertz CT molecular complexity index is 1200. The molecule has 1 aliphatic heterocycles. The third kappa shape index (κ3) is 4.18. The predicted octanol–water partition coefficient (Wildman–Crippen LogP) is 1.85. The highest BCUT2D eigenvalue weighted by atomic mass is 32.1. The number of carbonyl (C=O) groups is 2. The largest absolute Gasteiger partial charge is 0.465 e. The lowest BCUT2D eigenvalue weighted by Gasteiger charge is -2.35. The SMILES string of the molecule is COC(=O)c1c(NC(=O)CN2CCN(c3ncnc4c3cnn4C)CC2)sc2c1CCCC2. The van der Waals surface area contributed by atoms with Gasteiger partial charge in [-0.2, -0.15) is 5.10 Å². The third-order valence-corrected chi connectivity index (χ3v) is 7.57. The summed E-state index contributed by atoms with van der Waals surface area (Å²) in [7, 11) is 3.25. The van der Waals surface area contributed by atoms with Gasteiger partial charge in [0.1, 0.15) is 17.1 Å². The van der Waals surface area contributed by atoms with Crippen LogP contribution in [0.4, 0.5) is 10.8 Å².